The van der Waals surface area contributed by atoms with E-state index in [1.54, 1.807) is 0 Å². The van der Waals surface area contributed by atoms with Crippen molar-refractivity contribution in [1.82, 2.24) is 9.88 Å². The van der Waals surface area contributed by atoms with Gasteiger partial charge in [-0.3, -0.25) is 14.4 Å². The van der Waals surface area contributed by atoms with Crippen LogP contribution in [0.15, 0.2) is 47.4 Å². The zero-order chi connectivity index (χ0) is 18.7. The maximum atomic E-state index is 13.0. The van der Waals surface area contributed by atoms with E-state index < -0.39 is 17.6 Å². The van der Waals surface area contributed by atoms with Crippen LogP contribution in [-0.4, -0.2) is 29.5 Å². The molecule has 5 nitrogen and oxygen atoms in total. The van der Waals surface area contributed by atoms with Crippen molar-refractivity contribution in [2.24, 2.45) is 5.92 Å². The molecule has 136 valence electrons. The highest BCUT2D eigenvalue weighted by Crippen LogP contribution is 2.33. The number of pyridine rings is 1. The monoisotopic (exact) mass is 356 g/mol. The SMILES string of the molecule is CNC(=O)c1cc(C(=O)CC2CC(F)C2)cn(Cc2ccccc2)c1=O. The summed E-state index contributed by atoms with van der Waals surface area (Å²) in [6.45, 7) is 0.265. The van der Waals surface area contributed by atoms with E-state index in [0.29, 0.717) is 18.4 Å². The van der Waals surface area contributed by atoms with Gasteiger partial charge in [-0.15, -0.1) is 0 Å². The van der Waals surface area contributed by atoms with Gasteiger partial charge in [0.2, 0.25) is 0 Å². The molecular formula is C20H21FN2O3. The molecule has 3 rings (SSSR count). The normalized spacial score (nSPS) is 18.8. The van der Waals surface area contributed by atoms with Crippen molar-refractivity contribution in [3.8, 4) is 0 Å². The molecule has 26 heavy (non-hydrogen) atoms. The number of nitrogens with one attached hydrogen (secondary N) is 1. The molecular weight excluding hydrogens is 335 g/mol. The molecule has 1 amide bonds. The van der Waals surface area contributed by atoms with E-state index in [9.17, 15) is 18.8 Å². The molecule has 1 aromatic heterocycles. The molecule has 1 saturated carbocycles. The Bertz CT molecular complexity index is 870. The van der Waals surface area contributed by atoms with Crippen molar-refractivity contribution >= 4 is 11.7 Å². The Kier molecular flexibility index (Phi) is 5.30. The number of carbonyl (C=O) groups excluding carboxylic acids is 2. The minimum absolute atomic E-state index is 0.0375. The molecule has 0 spiro atoms. The summed E-state index contributed by atoms with van der Waals surface area (Å²) < 4.78 is 14.4. The lowest BCUT2D eigenvalue weighted by Crippen LogP contribution is -2.33. The fourth-order valence-electron chi connectivity index (χ4n) is 3.18. The first kappa shape index (κ1) is 18.0. The zero-order valence-electron chi connectivity index (χ0n) is 14.6. The molecule has 1 aromatic carbocycles. The number of Topliss-reactive ketones (excluding diaryl/α,β-unsaturated/α-hetero) is 1. The van der Waals surface area contributed by atoms with Gasteiger partial charge in [0.1, 0.15) is 11.7 Å². The number of rotatable bonds is 6. The van der Waals surface area contributed by atoms with Crippen LogP contribution < -0.4 is 10.9 Å². The van der Waals surface area contributed by atoms with E-state index in [1.165, 1.54) is 23.9 Å². The second kappa shape index (κ2) is 7.64. The maximum Gasteiger partial charge on any atom is 0.263 e. The number of halogens is 1. The smallest absolute Gasteiger partial charge is 0.263 e. The van der Waals surface area contributed by atoms with Crippen molar-refractivity contribution in [2.45, 2.75) is 32.0 Å². The van der Waals surface area contributed by atoms with Gasteiger partial charge in [-0.25, -0.2) is 4.39 Å². The van der Waals surface area contributed by atoms with Crippen LogP contribution in [-0.2, 0) is 6.54 Å². The summed E-state index contributed by atoms with van der Waals surface area (Å²) >= 11 is 0. The number of benzene rings is 1. The molecule has 0 saturated heterocycles. The topological polar surface area (TPSA) is 68.2 Å². The minimum atomic E-state index is -0.818. The van der Waals surface area contributed by atoms with Crippen LogP contribution in [0, 0.1) is 5.92 Å². The molecule has 1 fully saturated rings. The number of hydrogen-bond acceptors (Lipinski definition) is 3. The van der Waals surface area contributed by atoms with E-state index in [-0.39, 0.29) is 30.2 Å². The standard InChI is InChI=1S/C20H21FN2O3/c1-22-19(25)17-10-15(18(24)9-14-7-16(21)8-14)12-23(20(17)26)11-13-5-3-2-4-6-13/h2-6,10,12,14,16H,7-9,11H2,1H3,(H,22,25). The number of carbonyl (C=O) groups is 2. The van der Waals surface area contributed by atoms with Gasteiger partial charge < -0.3 is 9.88 Å². The molecule has 0 bridgehead atoms. The maximum absolute atomic E-state index is 13.0. The summed E-state index contributed by atoms with van der Waals surface area (Å²) in [6, 6.07) is 10.7. The first-order valence-corrected chi connectivity index (χ1v) is 8.65. The summed E-state index contributed by atoms with van der Waals surface area (Å²) in [6.07, 6.45) is 1.71. The largest absolute Gasteiger partial charge is 0.355 e. The van der Waals surface area contributed by atoms with Crippen LogP contribution in [0.4, 0.5) is 4.39 Å². The summed E-state index contributed by atoms with van der Waals surface area (Å²) in [5.41, 5.74) is 0.686. The fourth-order valence-corrected chi connectivity index (χ4v) is 3.18. The average molecular weight is 356 g/mol. The van der Waals surface area contributed by atoms with E-state index >= 15 is 0 Å². The molecule has 0 atom stereocenters. The van der Waals surface area contributed by atoms with Crippen molar-refractivity contribution in [1.29, 1.82) is 0 Å². The van der Waals surface area contributed by atoms with Crippen molar-refractivity contribution < 1.29 is 14.0 Å². The number of alkyl halides is 1. The molecule has 1 N–H and O–H groups in total. The van der Waals surface area contributed by atoms with Crippen molar-refractivity contribution in [3.63, 3.8) is 0 Å². The van der Waals surface area contributed by atoms with E-state index in [4.69, 9.17) is 0 Å². The van der Waals surface area contributed by atoms with Crippen molar-refractivity contribution in [2.75, 3.05) is 7.05 Å². The van der Waals surface area contributed by atoms with Crippen LogP contribution in [0.2, 0.25) is 0 Å². The quantitative estimate of drug-likeness (QED) is 0.809. The fraction of sp³-hybridized carbons (Fsp3) is 0.350. The predicted molar refractivity (Wildman–Crippen MR) is 96.2 cm³/mol. The highest BCUT2D eigenvalue weighted by atomic mass is 19.1. The second-order valence-electron chi connectivity index (χ2n) is 6.70. The first-order chi connectivity index (χ1) is 12.5. The molecule has 0 radical (unpaired) electrons. The molecule has 1 aliphatic carbocycles. The lowest BCUT2D eigenvalue weighted by molar-refractivity contribution is 0.0839. The van der Waals surface area contributed by atoms with Gasteiger partial charge in [-0.2, -0.15) is 0 Å². The highest BCUT2D eigenvalue weighted by Gasteiger charge is 2.31. The van der Waals surface area contributed by atoms with E-state index in [1.807, 2.05) is 30.3 Å². The third-order valence-corrected chi connectivity index (χ3v) is 4.73. The summed E-state index contributed by atoms with van der Waals surface area (Å²) in [5, 5.41) is 2.44. The number of amides is 1. The van der Waals surface area contributed by atoms with Gasteiger partial charge in [0.05, 0.1) is 6.54 Å². The van der Waals surface area contributed by atoms with Gasteiger partial charge in [-0.05, 0) is 30.4 Å². The Hall–Kier alpha value is -2.76. The van der Waals surface area contributed by atoms with Crippen LogP contribution in [0.5, 0.6) is 0 Å². The Balaban J connectivity index is 1.93. The summed E-state index contributed by atoms with van der Waals surface area (Å²) in [4.78, 5) is 37.2. The summed E-state index contributed by atoms with van der Waals surface area (Å²) in [5.74, 6) is -0.664. The molecule has 6 heteroatoms. The van der Waals surface area contributed by atoms with Crippen molar-refractivity contribution in [3.05, 3.63) is 69.6 Å². The Morgan fingerprint density at radius 2 is 1.92 bits per heavy atom. The van der Waals surface area contributed by atoms with Gasteiger partial charge in [0.25, 0.3) is 11.5 Å². The predicted octanol–water partition coefficient (Wildman–Crippen LogP) is 2.58. The minimum Gasteiger partial charge on any atom is -0.355 e. The number of aromatic nitrogens is 1. The number of ketones is 1. The molecule has 0 aliphatic heterocycles. The third kappa shape index (κ3) is 3.90. The second-order valence-corrected chi connectivity index (χ2v) is 6.70. The third-order valence-electron chi connectivity index (χ3n) is 4.73. The van der Waals surface area contributed by atoms with E-state index in [0.717, 1.165) is 5.56 Å². The van der Waals surface area contributed by atoms with Gasteiger partial charge in [0.15, 0.2) is 5.78 Å². The van der Waals surface area contributed by atoms with Crippen LogP contribution in [0.1, 0.15) is 45.5 Å². The number of hydrogen-bond donors (Lipinski definition) is 1. The molecule has 1 aliphatic rings. The number of nitrogens with zero attached hydrogens (tertiary/aromatic N) is 1. The Labute approximate surface area is 150 Å². The summed E-state index contributed by atoms with van der Waals surface area (Å²) in [7, 11) is 1.44. The van der Waals surface area contributed by atoms with E-state index in [2.05, 4.69) is 5.32 Å². The average Bonchev–Trinajstić information content (AvgIpc) is 2.62. The van der Waals surface area contributed by atoms with Crippen LogP contribution in [0.25, 0.3) is 0 Å². The van der Waals surface area contributed by atoms with Gasteiger partial charge in [-0.1, -0.05) is 30.3 Å². The Morgan fingerprint density at radius 3 is 2.54 bits per heavy atom. The lowest BCUT2D eigenvalue weighted by Gasteiger charge is -2.28. The van der Waals surface area contributed by atoms with Crippen LogP contribution >= 0.6 is 0 Å². The van der Waals surface area contributed by atoms with Gasteiger partial charge >= 0.3 is 0 Å². The Morgan fingerprint density at radius 1 is 1.23 bits per heavy atom. The molecule has 1 heterocycles. The van der Waals surface area contributed by atoms with Crippen LogP contribution in [0.3, 0.4) is 0 Å². The first-order valence-electron chi connectivity index (χ1n) is 8.65. The zero-order valence-corrected chi connectivity index (χ0v) is 14.6. The highest BCUT2D eigenvalue weighted by molar-refractivity contribution is 6.00. The molecule has 0 unspecified atom stereocenters. The van der Waals surface area contributed by atoms with Gasteiger partial charge in [0, 0.05) is 25.2 Å². The lowest BCUT2D eigenvalue weighted by atomic mass is 9.79. The molecule has 2 aromatic rings.